The zero-order valence-electron chi connectivity index (χ0n) is 16.2. The highest BCUT2D eigenvalue weighted by atomic mass is 16.3. The highest BCUT2D eigenvalue weighted by Crippen LogP contribution is 2.25. The van der Waals surface area contributed by atoms with Crippen LogP contribution in [0.4, 0.5) is 0 Å². The van der Waals surface area contributed by atoms with Crippen LogP contribution >= 0.6 is 0 Å². The van der Waals surface area contributed by atoms with Crippen molar-refractivity contribution in [3.05, 3.63) is 68.6 Å². The topological polar surface area (TPSA) is 86.5 Å². The van der Waals surface area contributed by atoms with Crippen molar-refractivity contribution in [2.45, 2.75) is 27.3 Å². The van der Waals surface area contributed by atoms with E-state index in [9.17, 15) is 14.7 Å². The minimum absolute atomic E-state index is 0.170. The highest BCUT2D eigenvalue weighted by molar-refractivity contribution is 5.77. The number of phenolic OH excluding ortho intramolecular Hbond substituents is 1. The molecule has 0 spiro atoms. The van der Waals surface area contributed by atoms with E-state index in [4.69, 9.17) is 0 Å². The minimum Gasteiger partial charge on any atom is -0.508 e. The third-order valence-electron chi connectivity index (χ3n) is 5.15. The Morgan fingerprint density at radius 3 is 2.43 bits per heavy atom. The number of nitrogens with zero attached hydrogens (tertiary/aromatic N) is 5. The van der Waals surface area contributed by atoms with Gasteiger partial charge < -0.3 is 5.11 Å². The number of rotatable bonds is 3. The Labute approximate surface area is 160 Å². The summed E-state index contributed by atoms with van der Waals surface area (Å²) in [5.74, 6) is 0.718. The van der Waals surface area contributed by atoms with Gasteiger partial charge in [-0.2, -0.15) is 4.98 Å². The number of aryl methyl sites for hydroxylation is 2. The third kappa shape index (κ3) is 2.34. The average molecular weight is 379 g/mol. The minimum atomic E-state index is -0.401. The number of allylic oxidation sites excluding steroid dienone is 2. The monoisotopic (exact) mass is 379 g/mol. The van der Waals surface area contributed by atoms with Crippen LogP contribution in [0.1, 0.15) is 18.3 Å². The van der Waals surface area contributed by atoms with Crippen molar-refractivity contribution < 1.29 is 5.11 Å². The fourth-order valence-corrected chi connectivity index (χ4v) is 3.53. The van der Waals surface area contributed by atoms with E-state index in [1.54, 1.807) is 47.9 Å². The van der Waals surface area contributed by atoms with Gasteiger partial charge in [0.1, 0.15) is 5.75 Å². The van der Waals surface area contributed by atoms with E-state index in [0.29, 0.717) is 16.9 Å². The molecule has 0 atom stereocenters. The first-order valence-electron chi connectivity index (χ1n) is 8.97. The van der Waals surface area contributed by atoms with Gasteiger partial charge in [0.05, 0.1) is 0 Å². The van der Waals surface area contributed by atoms with Gasteiger partial charge in [0, 0.05) is 30.7 Å². The maximum atomic E-state index is 13.1. The van der Waals surface area contributed by atoms with Crippen molar-refractivity contribution in [1.82, 2.24) is 23.1 Å². The van der Waals surface area contributed by atoms with Crippen LogP contribution in [0.15, 0.2) is 46.0 Å². The third-order valence-corrected chi connectivity index (χ3v) is 5.15. The Hall–Kier alpha value is -3.55. The number of benzene rings is 1. The second kappa shape index (κ2) is 6.26. The quantitative estimate of drug-likeness (QED) is 0.552. The first-order valence-corrected chi connectivity index (χ1v) is 8.97. The summed E-state index contributed by atoms with van der Waals surface area (Å²) >= 11 is 0. The lowest BCUT2D eigenvalue weighted by Crippen LogP contribution is -2.39. The standard InChI is InChI=1S/C20H21N5O3/c1-5-6-11-23-18(27)16-17(22(4)20(23)28)21-19-24(12(2)13(3)25(16)19)14-7-9-15(26)10-8-14/h5-10,26H,11H2,1-4H3/b6-5-. The molecule has 0 saturated heterocycles. The lowest BCUT2D eigenvalue weighted by atomic mass is 10.3. The van der Waals surface area contributed by atoms with Gasteiger partial charge in [0.25, 0.3) is 5.56 Å². The van der Waals surface area contributed by atoms with E-state index in [1.807, 2.05) is 25.3 Å². The van der Waals surface area contributed by atoms with Crippen molar-refractivity contribution in [2.24, 2.45) is 7.05 Å². The van der Waals surface area contributed by atoms with Gasteiger partial charge in [0.2, 0.25) is 5.78 Å². The molecule has 0 amide bonds. The molecule has 0 saturated carbocycles. The molecule has 0 fully saturated rings. The predicted molar refractivity (Wildman–Crippen MR) is 107 cm³/mol. The van der Waals surface area contributed by atoms with Gasteiger partial charge in [-0.25, -0.2) is 4.79 Å². The van der Waals surface area contributed by atoms with Gasteiger partial charge in [-0.3, -0.25) is 22.9 Å². The molecule has 4 rings (SSSR count). The van der Waals surface area contributed by atoms with Crippen LogP contribution in [0.25, 0.3) is 22.6 Å². The van der Waals surface area contributed by atoms with E-state index < -0.39 is 5.69 Å². The molecule has 0 unspecified atom stereocenters. The summed E-state index contributed by atoms with van der Waals surface area (Å²) in [5, 5.41) is 9.59. The second-order valence-corrected chi connectivity index (χ2v) is 6.77. The summed E-state index contributed by atoms with van der Waals surface area (Å²) in [6.07, 6.45) is 3.57. The first kappa shape index (κ1) is 17.8. The maximum Gasteiger partial charge on any atom is 0.332 e. The summed E-state index contributed by atoms with van der Waals surface area (Å²) < 4.78 is 6.33. The number of hydrogen-bond acceptors (Lipinski definition) is 4. The predicted octanol–water partition coefficient (Wildman–Crippen LogP) is 2.04. The number of hydrogen-bond donors (Lipinski definition) is 1. The van der Waals surface area contributed by atoms with Gasteiger partial charge in [-0.15, -0.1) is 0 Å². The molecule has 144 valence electrons. The molecule has 8 heteroatoms. The van der Waals surface area contributed by atoms with Crippen molar-refractivity contribution in [3.63, 3.8) is 0 Å². The van der Waals surface area contributed by atoms with Crippen LogP contribution in [0.3, 0.4) is 0 Å². The first-order chi connectivity index (χ1) is 13.4. The largest absolute Gasteiger partial charge is 0.508 e. The Morgan fingerprint density at radius 1 is 1.11 bits per heavy atom. The molecule has 3 heterocycles. The fraction of sp³-hybridized carbons (Fsp3) is 0.250. The number of fused-ring (bicyclic) bond motifs is 3. The Balaban J connectivity index is 2.16. The lowest BCUT2D eigenvalue weighted by Gasteiger charge is -2.07. The van der Waals surface area contributed by atoms with E-state index in [2.05, 4.69) is 4.98 Å². The van der Waals surface area contributed by atoms with Crippen LogP contribution in [0.2, 0.25) is 0 Å². The normalized spacial score (nSPS) is 12.0. The molecule has 0 aliphatic heterocycles. The molecule has 1 N–H and O–H groups in total. The molecule has 0 aliphatic rings. The van der Waals surface area contributed by atoms with Crippen LogP contribution in [0.5, 0.6) is 5.75 Å². The second-order valence-electron chi connectivity index (χ2n) is 6.77. The Bertz CT molecular complexity index is 1360. The van der Waals surface area contributed by atoms with Gasteiger partial charge in [-0.1, -0.05) is 12.2 Å². The van der Waals surface area contributed by atoms with Gasteiger partial charge in [0.15, 0.2) is 11.2 Å². The SMILES string of the molecule is C/C=C\Cn1c(=O)c2c(nc3n(-c4ccc(O)cc4)c(C)c(C)n23)n(C)c1=O. The molecule has 8 nitrogen and oxygen atoms in total. The van der Waals surface area contributed by atoms with Crippen molar-refractivity contribution in [1.29, 1.82) is 0 Å². The Kier molecular flexibility index (Phi) is 3.99. The summed E-state index contributed by atoms with van der Waals surface area (Å²) in [7, 11) is 1.62. The van der Waals surface area contributed by atoms with E-state index in [1.165, 1.54) is 9.13 Å². The summed E-state index contributed by atoms with van der Waals surface area (Å²) in [6.45, 7) is 5.92. The summed E-state index contributed by atoms with van der Waals surface area (Å²) in [6, 6.07) is 6.76. The molecule has 4 aromatic rings. The number of aromatic nitrogens is 5. The fourth-order valence-electron chi connectivity index (χ4n) is 3.53. The number of aromatic hydroxyl groups is 1. The molecule has 0 aliphatic carbocycles. The average Bonchev–Trinajstić information content (AvgIpc) is 3.17. The van der Waals surface area contributed by atoms with Crippen LogP contribution < -0.4 is 11.2 Å². The molecule has 3 aromatic heterocycles. The molecule has 0 radical (unpaired) electrons. The van der Waals surface area contributed by atoms with Crippen molar-refractivity contribution >= 4 is 16.9 Å². The molecule has 0 bridgehead atoms. The van der Waals surface area contributed by atoms with Crippen LogP contribution in [0, 0.1) is 13.8 Å². The molecular weight excluding hydrogens is 358 g/mol. The molecule has 1 aromatic carbocycles. The van der Waals surface area contributed by atoms with Crippen LogP contribution in [-0.2, 0) is 13.6 Å². The van der Waals surface area contributed by atoms with E-state index in [-0.39, 0.29) is 17.9 Å². The van der Waals surface area contributed by atoms with Crippen LogP contribution in [-0.4, -0.2) is 28.2 Å². The van der Waals surface area contributed by atoms with E-state index >= 15 is 0 Å². The maximum absolute atomic E-state index is 13.1. The number of imidazole rings is 2. The van der Waals surface area contributed by atoms with Crippen molar-refractivity contribution in [3.8, 4) is 11.4 Å². The molecular formula is C20H21N5O3. The summed E-state index contributed by atoms with van der Waals surface area (Å²) in [5.41, 5.74) is 2.54. The lowest BCUT2D eigenvalue weighted by molar-refractivity contribution is 0.475. The Morgan fingerprint density at radius 2 is 1.79 bits per heavy atom. The summed E-state index contributed by atoms with van der Waals surface area (Å²) in [4.78, 5) is 30.4. The van der Waals surface area contributed by atoms with Gasteiger partial charge in [-0.05, 0) is 45.0 Å². The highest BCUT2D eigenvalue weighted by Gasteiger charge is 2.22. The number of phenols is 1. The smallest absolute Gasteiger partial charge is 0.332 e. The van der Waals surface area contributed by atoms with Gasteiger partial charge >= 0.3 is 5.69 Å². The molecule has 28 heavy (non-hydrogen) atoms. The zero-order valence-corrected chi connectivity index (χ0v) is 16.2. The zero-order chi connectivity index (χ0) is 20.2. The van der Waals surface area contributed by atoms with E-state index in [0.717, 1.165) is 17.1 Å². The van der Waals surface area contributed by atoms with Crippen molar-refractivity contribution in [2.75, 3.05) is 0 Å².